The number of benzene rings is 4. The second-order valence-electron chi connectivity index (χ2n) is 12.2. The number of halogens is 3. The zero-order valence-corrected chi connectivity index (χ0v) is 25.9. The molecule has 1 heterocycles. The molecule has 3 atom stereocenters. The monoisotopic (exact) mass is 619 g/mol. The first-order valence-corrected chi connectivity index (χ1v) is 14.8. The molecule has 0 fully saturated rings. The van der Waals surface area contributed by atoms with Crippen LogP contribution in [0.1, 0.15) is 78.7 Å². The maximum atomic E-state index is 14.1. The topological polar surface area (TPSA) is 65.1 Å². The predicted molar refractivity (Wildman–Crippen MR) is 165 cm³/mol. The third-order valence-corrected chi connectivity index (χ3v) is 8.01. The highest BCUT2D eigenvalue weighted by molar-refractivity contribution is 5.91. The highest BCUT2D eigenvalue weighted by atomic mass is 19.4. The molecule has 3 unspecified atom stereocenters. The Bertz CT molecular complexity index is 1710. The van der Waals surface area contributed by atoms with Crippen molar-refractivity contribution in [2.45, 2.75) is 64.0 Å². The van der Waals surface area contributed by atoms with Crippen molar-refractivity contribution < 1.29 is 37.0 Å². The first-order chi connectivity index (χ1) is 21.3. The van der Waals surface area contributed by atoms with Crippen LogP contribution in [0.4, 0.5) is 18.0 Å². The lowest BCUT2D eigenvalue weighted by Crippen LogP contribution is -2.45. The van der Waals surface area contributed by atoms with Crippen molar-refractivity contribution in [3.05, 3.63) is 113 Å². The Morgan fingerprint density at radius 2 is 1.64 bits per heavy atom. The maximum absolute atomic E-state index is 14.1. The molecule has 45 heavy (non-hydrogen) atoms. The van der Waals surface area contributed by atoms with Gasteiger partial charge in [0.25, 0.3) is 0 Å². The van der Waals surface area contributed by atoms with Crippen LogP contribution < -0.4 is 4.74 Å². The van der Waals surface area contributed by atoms with Crippen molar-refractivity contribution in [2.24, 2.45) is 0 Å². The molecule has 0 saturated heterocycles. The number of hydrogen-bond donors (Lipinski definition) is 0. The molecule has 0 aliphatic carbocycles. The summed E-state index contributed by atoms with van der Waals surface area (Å²) < 4.78 is 59.2. The Balaban J connectivity index is 1.54. The van der Waals surface area contributed by atoms with Crippen molar-refractivity contribution in [2.75, 3.05) is 13.7 Å². The molecule has 0 radical (unpaired) electrons. The Morgan fingerprint density at radius 1 is 0.956 bits per heavy atom. The number of ether oxygens (including phenoxy) is 3. The van der Waals surface area contributed by atoms with E-state index in [1.807, 2.05) is 55.5 Å². The highest BCUT2D eigenvalue weighted by Crippen LogP contribution is 2.43. The number of esters is 1. The number of hydrogen-bond acceptors (Lipinski definition) is 5. The first-order valence-electron chi connectivity index (χ1n) is 14.8. The van der Waals surface area contributed by atoms with Crippen molar-refractivity contribution in [3.8, 4) is 5.75 Å². The zero-order valence-electron chi connectivity index (χ0n) is 25.9. The van der Waals surface area contributed by atoms with E-state index >= 15 is 0 Å². The summed E-state index contributed by atoms with van der Waals surface area (Å²) in [4.78, 5) is 27.5. The maximum Gasteiger partial charge on any atom is 0.417 e. The van der Waals surface area contributed by atoms with Crippen LogP contribution in [-0.4, -0.2) is 42.3 Å². The summed E-state index contributed by atoms with van der Waals surface area (Å²) in [6.45, 7) is 7.44. The summed E-state index contributed by atoms with van der Waals surface area (Å²) in [6.07, 6.45) is -5.59. The van der Waals surface area contributed by atoms with Gasteiger partial charge in [0.15, 0.2) is 0 Å². The molecule has 0 spiro atoms. The molecule has 5 rings (SSSR count). The molecule has 6 nitrogen and oxygen atoms in total. The Labute approximate surface area is 260 Å². The van der Waals surface area contributed by atoms with E-state index in [9.17, 15) is 22.8 Å². The largest absolute Gasteiger partial charge is 0.488 e. The number of rotatable bonds is 6. The third kappa shape index (κ3) is 6.92. The fraction of sp³-hybridized carbons (Fsp3) is 0.333. The van der Waals surface area contributed by atoms with Crippen LogP contribution in [0.2, 0.25) is 0 Å². The molecule has 1 aliphatic heterocycles. The molecule has 0 aromatic heterocycles. The summed E-state index contributed by atoms with van der Waals surface area (Å²) in [5, 5.41) is 2.03. The fourth-order valence-corrected chi connectivity index (χ4v) is 5.94. The van der Waals surface area contributed by atoms with Gasteiger partial charge < -0.3 is 14.2 Å². The van der Waals surface area contributed by atoms with E-state index in [1.165, 1.54) is 6.07 Å². The van der Waals surface area contributed by atoms with Crippen LogP contribution in [-0.2, 0) is 15.7 Å². The van der Waals surface area contributed by atoms with Crippen molar-refractivity contribution in [1.82, 2.24) is 4.90 Å². The molecule has 0 saturated carbocycles. The third-order valence-electron chi connectivity index (χ3n) is 8.01. The van der Waals surface area contributed by atoms with Gasteiger partial charge in [-0.2, -0.15) is 13.2 Å². The number of carbonyl (C=O) groups excluding carboxylic acids is 2. The minimum Gasteiger partial charge on any atom is -0.488 e. The van der Waals surface area contributed by atoms with Gasteiger partial charge in [0.05, 0.1) is 30.8 Å². The molecule has 4 aromatic rings. The SMILES string of the molecule is COC(=O)c1ccc(C2CC(CN(C(=O)OC(C)(C)C)C(C)c3cccc4ccccc34)Oc3ccccc32)cc1C(F)(F)F. The zero-order chi connectivity index (χ0) is 32.5. The average molecular weight is 620 g/mol. The smallest absolute Gasteiger partial charge is 0.417 e. The number of nitrogens with zero attached hydrogens (tertiary/aromatic N) is 1. The van der Waals surface area contributed by atoms with Gasteiger partial charge in [-0.3, -0.25) is 4.90 Å². The fourth-order valence-electron chi connectivity index (χ4n) is 5.94. The highest BCUT2D eigenvalue weighted by Gasteiger charge is 2.39. The normalized spacial score (nSPS) is 17.2. The lowest BCUT2D eigenvalue weighted by Gasteiger charge is -2.38. The summed E-state index contributed by atoms with van der Waals surface area (Å²) in [5.41, 5.74) is -0.343. The average Bonchev–Trinajstić information content (AvgIpc) is 3.00. The quantitative estimate of drug-likeness (QED) is 0.202. The van der Waals surface area contributed by atoms with Crippen LogP contribution >= 0.6 is 0 Å². The van der Waals surface area contributed by atoms with Crippen molar-refractivity contribution in [1.29, 1.82) is 0 Å². The summed E-state index contributed by atoms with van der Waals surface area (Å²) in [7, 11) is 1.05. The van der Waals surface area contributed by atoms with E-state index < -0.39 is 53.0 Å². The van der Waals surface area contributed by atoms with Crippen LogP contribution in [0, 0.1) is 0 Å². The minimum atomic E-state index is -4.77. The molecule has 236 valence electrons. The number of methoxy groups -OCH3 is 1. The standard InChI is InChI=1S/C36H36F3NO5/c1-22(26-15-10-12-23-11-6-7-13-27(23)26)40(34(42)45-35(2,3)4)21-25-20-30(28-14-8-9-16-32(28)44-25)24-17-18-29(33(41)43-5)31(19-24)36(37,38)39/h6-19,22,25,30H,20-21H2,1-5H3. The predicted octanol–water partition coefficient (Wildman–Crippen LogP) is 8.93. The molecular weight excluding hydrogens is 583 g/mol. The first kappa shape index (κ1) is 31.9. The van der Waals surface area contributed by atoms with Crippen molar-refractivity contribution in [3.63, 3.8) is 0 Å². The summed E-state index contributed by atoms with van der Waals surface area (Å²) >= 11 is 0. The van der Waals surface area contributed by atoms with E-state index in [0.717, 1.165) is 41.1 Å². The van der Waals surface area contributed by atoms with E-state index in [0.29, 0.717) is 11.3 Å². The molecule has 0 N–H and O–H groups in total. The number of carbonyl (C=O) groups is 2. The Hall–Kier alpha value is -4.53. The van der Waals surface area contributed by atoms with E-state index in [2.05, 4.69) is 4.74 Å². The van der Waals surface area contributed by atoms with Gasteiger partial charge in [0, 0.05) is 11.5 Å². The van der Waals surface area contributed by atoms with Gasteiger partial charge >= 0.3 is 18.2 Å². The number of fused-ring (bicyclic) bond motifs is 2. The van der Waals surface area contributed by atoms with Gasteiger partial charge in [0.2, 0.25) is 0 Å². The van der Waals surface area contributed by atoms with Gasteiger partial charge in [0.1, 0.15) is 17.5 Å². The molecule has 1 amide bonds. The Kier molecular flexibility index (Phi) is 8.83. The second kappa shape index (κ2) is 12.5. The summed E-state index contributed by atoms with van der Waals surface area (Å²) in [6, 6.07) is 24.3. The molecule has 4 aromatic carbocycles. The van der Waals surface area contributed by atoms with E-state index in [4.69, 9.17) is 9.47 Å². The van der Waals surface area contributed by atoms with Crippen LogP contribution in [0.3, 0.4) is 0 Å². The van der Waals surface area contributed by atoms with Gasteiger partial charge in [-0.25, -0.2) is 9.59 Å². The van der Waals surface area contributed by atoms with E-state index in [1.54, 1.807) is 43.9 Å². The molecule has 0 bridgehead atoms. The van der Waals surface area contributed by atoms with Crippen LogP contribution in [0.5, 0.6) is 5.75 Å². The molecule has 1 aliphatic rings. The summed E-state index contributed by atoms with van der Waals surface area (Å²) in [5.74, 6) is -1.04. The number of para-hydroxylation sites is 1. The lowest BCUT2D eigenvalue weighted by molar-refractivity contribution is -0.138. The van der Waals surface area contributed by atoms with Crippen LogP contribution in [0.15, 0.2) is 84.9 Å². The Morgan fingerprint density at radius 3 is 2.36 bits per heavy atom. The number of alkyl halides is 3. The van der Waals surface area contributed by atoms with Gasteiger partial charge in [-0.15, -0.1) is 0 Å². The molecular formula is C36H36F3NO5. The van der Waals surface area contributed by atoms with Gasteiger partial charge in [-0.05, 0) is 74.2 Å². The molecule has 9 heteroatoms. The van der Waals surface area contributed by atoms with Crippen LogP contribution in [0.25, 0.3) is 10.8 Å². The lowest BCUT2D eigenvalue weighted by atomic mass is 9.82. The van der Waals surface area contributed by atoms with E-state index in [-0.39, 0.29) is 13.0 Å². The minimum absolute atomic E-state index is 0.122. The van der Waals surface area contributed by atoms with Gasteiger partial charge in [-0.1, -0.05) is 66.7 Å². The number of amides is 1. The van der Waals surface area contributed by atoms with Crippen molar-refractivity contribution >= 4 is 22.8 Å². The second-order valence-corrected chi connectivity index (χ2v) is 12.2.